The van der Waals surface area contributed by atoms with Gasteiger partial charge in [-0.3, -0.25) is 9.79 Å². The molecule has 2 aromatic heterocycles. The molecule has 0 fully saturated rings. The van der Waals surface area contributed by atoms with Crippen LogP contribution in [-0.4, -0.2) is 73.2 Å². The summed E-state index contributed by atoms with van der Waals surface area (Å²) in [5.74, 6) is 0.184. The predicted octanol–water partition coefficient (Wildman–Crippen LogP) is 12.0. The molecule has 79 heavy (non-hydrogen) atoms. The predicted molar refractivity (Wildman–Crippen MR) is 331 cm³/mol. The molecular formula is C65H79N3O7S2Si2. The number of carbonyl (C=O) groups is 1. The maximum Gasteiger partial charge on any atom is 0.261 e. The van der Waals surface area contributed by atoms with Crippen molar-refractivity contribution in [1.82, 2.24) is 9.13 Å². The lowest BCUT2D eigenvalue weighted by Gasteiger charge is -2.43. The third kappa shape index (κ3) is 11.8. The molecule has 0 bridgehead atoms. The molecule has 0 atom stereocenters. The molecular weight excluding hydrogens is 1060 g/mol. The lowest BCUT2D eigenvalue weighted by molar-refractivity contribution is 0.0930. The summed E-state index contributed by atoms with van der Waals surface area (Å²) in [5.41, 5.74) is 5.79. The number of hydrogen-bond acceptors (Lipinski definition) is 8. The highest BCUT2D eigenvalue weighted by Gasteiger charge is 2.51. The molecule has 3 heterocycles. The van der Waals surface area contributed by atoms with Crippen LogP contribution in [0.3, 0.4) is 0 Å². The lowest BCUT2D eigenvalue weighted by Crippen LogP contribution is -2.66. The number of Topliss-reactive ketones (excluding diaryl/α,β-unsaturated/α-hetero) is 1. The van der Waals surface area contributed by atoms with E-state index in [1.165, 1.54) is 22.9 Å². The molecule has 9 rings (SSSR count). The van der Waals surface area contributed by atoms with Crippen LogP contribution in [-0.2, 0) is 54.8 Å². The number of aliphatic imine (C=N–C) groups is 1. The average molecular weight is 1130 g/mol. The Morgan fingerprint density at radius 2 is 0.975 bits per heavy atom. The second-order valence-corrected chi connectivity index (χ2v) is 36.4. The summed E-state index contributed by atoms with van der Waals surface area (Å²) >= 11 is 0. The minimum atomic E-state index is -3.58. The zero-order valence-electron chi connectivity index (χ0n) is 48.4. The van der Waals surface area contributed by atoms with E-state index in [1.807, 2.05) is 91.2 Å². The van der Waals surface area contributed by atoms with E-state index in [-0.39, 0.29) is 39.9 Å². The van der Waals surface area contributed by atoms with E-state index < -0.39 is 36.3 Å². The van der Waals surface area contributed by atoms with Gasteiger partial charge in [0.1, 0.15) is 0 Å². The highest BCUT2D eigenvalue weighted by Crippen LogP contribution is 2.40. The number of ketones is 1. The summed E-state index contributed by atoms with van der Waals surface area (Å²) in [6.07, 6.45) is 3.37. The Balaban J connectivity index is 0.000000208. The molecule has 0 saturated heterocycles. The first kappa shape index (κ1) is 59.1. The van der Waals surface area contributed by atoms with Gasteiger partial charge < -0.3 is 18.0 Å². The second-order valence-electron chi connectivity index (χ2n) is 23.8. The van der Waals surface area contributed by atoms with Crippen LogP contribution in [0.5, 0.6) is 0 Å². The van der Waals surface area contributed by atoms with Gasteiger partial charge in [-0.15, -0.1) is 0 Å². The number of aromatic nitrogens is 2. The zero-order chi connectivity index (χ0) is 57.3. The van der Waals surface area contributed by atoms with Crippen LogP contribution in [0.1, 0.15) is 110 Å². The number of carbonyl (C=O) groups excluding carboxylic acids is 1. The van der Waals surface area contributed by atoms with Crippen molar-refractivity contribution >= 4 is 90.4 Å². The Hall–Kier alpha value is -6.01. The summed E-state index contributed by atoms with van der Waals surface area (Å²) < 4.78 is 71.0. The molecule has 0 spiro atoms. The summed E-state index contributed by atoms with van der Waals surface area (Å²) in [7, 11) is -12.8. The van der Waals surface area contributed by atoms with E-state index in [4.69, 9.17) is 13.8 Å². The minimum absolute atomic E-state index is 0.0515. The molecule has 1 aliphatic heterocycles. The van der Waals surface area contributed by atoms with Crippen LogP contribution >= 0.6 is 0 Å². The largest absolute Gasteiger partial charge is 0.403 e. The van der Waals surface area contributed by atoms with Crippen LogP contribution in [0, 0.1) is 11.8 Å². The fourth-order valence-electron chi connectivity index (χ4n) is 11.7. The van der Waals surface area contributed by atoms with Gasteiger partial charge in [0, 0.05) is 53.3 Å². The first-order chi connectivity index (χ1) is 37.2. The smallest absolute Gasteiger partial charge is 0.261 e. The molecule has 416 valence electrons. The van der Waals surface area contributed by atoms with E-state index in [9.17, 15) is 21.6 Å². The average Bonchev–Trinajstić information content (AvgIpc) is 3.99. The molecule has 14 heteroatoms. The topological polar surface area (TPSA) is 126 Å². The molecule has 0 N–H and O–H groups in total. The third-order valence-corrected chi connectivity index (χ3v) is 27.7. The normalized spacial score (nSPS) is 13.6. The minimum Gasteiger partial charge on any atom is -0.403 e. The monoisotopic (exact) mass is 1130 g/mol. The number of fused-ring (bicyclic) bond motifs is 4. The molecule has 0 aliphatic carbocycles. The Morgan fingerprint density at radius 3 is 1.33 bits per heavy atom. The Morgan fingerprint density at radius 1 is 0.582 bits per heavy atom. The van der Waals surface area contributed by atoms with Crippen molar-refractivity contribution in [2.24, 2.45) is 16.8 Å². The lowest BCUT2D eigenvalue weighted by atomic mass is 10.0. The fraction of sp³-hybridized carbons (Fsp3) is 0.354. The van der Waals surface area contributed by atoms with Crippen molar-refractivity contribution in [1.29, 1.82) is 0 Å². The molecule has 0 saturated carbocycles. The summed E-state index contributed by atoms with van der Waals surface area (Å²) in [4.78, 5) is 18.5. The van der Waals surface area contributed by atoms with E-state index >= 15 is 0 Å². The molecule has 10 nitrogen and oxygen atoms in total. The van der Waals surface area contributed by atoms with Crippen molar-refractivity contribution in [2.45, 2.75) is 129 Å². The maximum atomic E-state index is 13.2. The number of sulfone groups is 2. The quantitative estimate of drug-likeness (QED) is 0.0656. The standard InChI is InChI=1S/C33H41NO4SSi.C32H38N2O3SSi/c1-8-19-34-29-22-31(39(7,36)37)26(20-25(29)21-30(34)32(35)24(2)3)23-38-40(33(4,5)6,27-15-11-9-12-16-27)28-17-13-10-14-18-28;1-23(2)31-29-20-24-19-25(30(38(6,35)36)21-28(24)34(29)18-17-33-31)22-37-39(32(3,4)5,26-13-9-7-10-14-26)27-15-11-8-12-16-27/h9-18,20-22,24H,8,19,23H2,1-7H3;7-16,19-21,23H,17-18,22H2,1-6H3. The molecule has 0 unspecified atom stereocenters. The van der Waals surface area contributed by atoms with Gasteiger partial charge in [-0.25, -0.2) is 16.8 Å². The van der Waals surface area contributed by atoms with Gasteiger partial charge in [-0.05, 0) is 90.7 Å². The van der Waals surface area contributed by atoms with Crippen molar-refractivity contribution in [3.05, 3.63) is 180 Å². The van der Waals surface area contributed by atoms with Crippen LogP contribution in [0.2, 0.25) is 10.1 Å². The molecule has 1 aliphatic rings. The highest BCUT2D eigenvalue weighted by molar-refractivity contribution is 7.91. The van der Waals surface area contributed by atoms with Gasteiger partial charge in [0.25, 0.3) is 16.6 Å². The van der Waals surface area contributed by atoms with Gasteiger partial charge in [-0.1, -0.05) is 197 Å². The fourth-order valence-corrected chi connectivity index (χ4v) is 22.6. The summed E-state index contributed by atoms with van der Waals surface area (Å²) in [6.45, 7) is 25.9. The molecule has 0 amide bonds. The van der Waals surface area contributed by atoms with E-state index in [1.54, 1.807) is 6.07 Å². The van der Waals surface area contributed by atoms with Crippen LogP contribution in [0.4, 0.5) is 0 Å². The van der Waals surface area contributed by atoms with Crippen LogP contribution in [0.15, 0.2) is 173 Å². The number of hydrogen-bond donors (Lipinski definition) is 0. The number of benzene rings is 6. The number of aryl methyl sites for hydroxylation is 1. The van der Waals surface area contributed by atoms with E-state index in [0.717, 1.165) is 56.6 Å². The maximum absolute atomic E-state index is 13.2. The SMILES string of the molecule is CC(C)C1=NCCn2c1cc1cc(CO[Si](c3ccccc3)(c3ccccc3)C(C)(C)C)c(S(C)(=O)=O)cc12.CCCn1c(C(=O)C(C)C)cc2cc(CO[Si](c3ccccc3)(c3ccccc3)C(C)(C)C)c(S(C)(=O)=O)cc21. The van der Waals surface area contributed by atoms with Gasteiger partial charge in [-0.2, -0.15) is 0 Å². The van der Waals surface area contributed by atoms with E-state index in [2.05, 4.69) is 146 Å². The van der Waals surface area contributed by atoms with Crippen molar-refractivity contribution in [3.8, 4) is 0 Å². The molecule has 8 aromatic rings. The number of rotatable bonds is 17. The summed E-state index contributed by atoms with van der Waals surface area (Å²) in [6, 6.07) is 53.1. The van der Waals surface area contributed by atoms with Crippen molar-refractivity contribution in [3.63, 3.8) is 0 Å². The third-order valence-electron chi connectivity index (χ3n) is 15.3. The van der Waals surface area contributed by atoms with Crippen LogP contribution < -0.4 is 20.7 Å². The zero-order valence-corrected chi connectivity index (χ0v) is 52.1. The van der Waals surface area contributed by atoms with Gasteiger partial charge >= 0.3 is 0 Å². The van der Waals surface area contributed by atoms with Gasteiger partial charge in [0.2, 0.25) is 0 Å². The van der Waals surface area contributed by atoms with Crippen molar-refractivity contribution in [2.75, 3.05) is 19.1 Å². The van der Waals surface area contributed by atoms with Gasteiger partial charge in [0.05, 0.1) is 46.6 Å². The first-order valence-electron chi connectivity index (χ1n) is 27.6. The molecule has 6 aromatic carbocycles. The Kier molecular flexibility index (Phi) is 17.4. The van der Waals surface area contributed by atoms with E-state index in [0.29, 0.717) is 40.7 Å². The number of nitrogens with zero attached hydrogens (tertiary/aromatic N) is 3. The van der Waals surface area contributed by atoms with Crippen molar-refractivity contribution < 1.29 is 30.5 Å². The Bertz CT molecular complexity index is 3650. The Labute approximate surface area is 472 Å². The second kappa shape index (κ2) is 23.2. The highest BCUT2D eigenvalue weighted by atomic mass is 32.2. The molecule has 0 radical (unpaired) electrons. The van der Waals surface area contributed by atoms with Gasteiger partial charge in [0.15, 0.2) is 25.5 Å². The summed E-state index contributed by atoms with van der Waals surface area (Å²) in [5, 5.41) is 6.03. The first-order valence-corrected chi connectivity index (χ1v) is 35.2. The van der Waals surface area contributed by atoms with Crippen LogP contribution in [0.25, 0.3) is 21.8 Å².